The summed E-state index contributed by atoms with van der Waals surface area (Å²) < 4.78 is 26.7. The van der Waals surface area contributed by atoms with Crippen LogP contribution in [0.5, 0.6) is 5.75 Å². The van der Waals surface area contributed by atoms with Gasteiger partial charge in [0.2, 0.25) is 5.91 Å². The van der Waals surface area contributed by atoms with E-state index in [1.807, 2.05) is 51.1 Å². The Hall–Kier alpha value is -4.15. The lowest BCUT2D eigenvalue weighted by Crippen LogP contribution is -2.47. The second kappa shape index (κ2) is 13.9. The highest BCUT2D eigenvalue weighted by Crippen LogP contribution is 2.40. The van der Waals surface area contributed by atoms with Crippen molar-refractivity contribution in [2.75, 3.05) is 14.2 Å². The normalized spacial score (nSPS) is 16.5. The maximum atomic E-state index is 14.8. The molecule has 3 aromatic carbocycles. The van der Waals surface area contributed by atoms with Gasteiger partial charge in [-0.25, -0.2) is 9.18 Å². The van der Waals surface area contributed by atoms with Crippen LogP contribution in [0.15, 0.2) is 60.7 Å². The van der Waals surface area contributed by atoms with Gasteiger partial charge < -0.3 is 25.0 Å². The molecule has 248 valence electrons. The van der Waals surface area contributed by atoms with Gasteiger partial charge in [-0.1, -0.05) is 35.9 Å². The van der Waals surface area contributed by atoms with E-state index in [1.54, 1.807) is 48.2 Å². The molecule has 0 bridgehead atoms. The van der Waals surface area contributed by atoms with Crippen molar-refractivity contribution < 1.29 is 28.2 Å². The second-order valence-electron chi connectivity index (χ2n) is 12.8. The molecular weight excluding hydrogens is 641 g/mol. The smallest absolute Gasteiger partial charge is 0.410 e. The minimum absolute atomic E-state index is 0.0405. The van der Waals surface area contributed by atoms with Crippen LogP contribution in [0.4, 0.5) is 9.18 Å². The Labute approximate surface area is 283 Å². The molecule has 1 saturated carbocycles. The van der Waals surface area contributed by atoms with Crippen molar-refractivity contribution in [1.29, 1.82) is 0 Å². The van der Waals surface area contributed by atoms with Crippen molar-refractivity contribution in [3.8, 4) is 16.9 Å². The number of fused-ring (bicyclic) bond motifs is 1. The average Bonchev–Trinajstić information content (AvgIpc) is 3.39. The van der Waals surface area contributed by atoms with Gasteiger partial charge in [-0.15, -0.1) is 11.3 Å². The second-order valence-corrected chi connectivity index (χ2v) is 14.2. The van der Waals surface area contributed by atoms with E-state index in [0.717, 1.165) is 16.7 Å². The molecule has 47 heavy (non-hydrogen) atoms. The van der Waals surface area contributed by atoms with E-state index in [0.29, 0.717) is 41.7 Å². The molecule has 8 nitrogen and oxygen atoms in total. The molecule has 0 atom stereocenters. The van der Waals surface area contributed by atoms with Gasteiger partial charge in [-0.05, 0) is 94.0 Å². The molecule has 11 heteroatoms. The van der Waals surface area contributed by atoms with Crippen LogP contribution >= 0.6 is 22.9 Å². The van der Waals surface area contributed by atoms with Gasteiger partial charge in [-0.2, -0.15) is 0 Å². The fourth-order valence-electron chi connectivity index (χ4n) is 6.04. The van der Waals surface area contributed by atoms with Crippen molar-refractivity contribution in [3.63, 3.8) is 0 Å². The van der Waals surface area contributed by atoms with Crippen LogP contribution < -0.4 is 10.5 Å². The number of primary amides is 1. The predicted molar refractivity (Wildman–Crippen MR) is 184 cm³/mol. The Kier molecular flexibility index (Phi) is 10.1. The lowest BCUT2D eigenvalue weighted by molar-refractivity contribution is 0.0144. The molecule has 0 unspecified atom stereocenters. The first-order valence-electron chi connectivity index (χ1n) is 15.5. The van der Waals surface area contributed by atoms with E-state index in [1.165, 1.54) is 17.4 Å². The van der Waals surface area contributed by atoms with Gasteiger partial charge in [0.25, 0.3) is 5.91 Å². The Morgan fingerprint density at radius 1 is 0.979 bits per heavy atom. The lowest BCUT2D eigenvalue weighted by Gasteiger charge is -2.40. The highest BCUT2D eigenvalue weighted by Gasteiger charge is 2.35. The van der Waals surface area contributed by atoms with E-state index in [2.05, 4.69) is 0 Å². The molecule has 0 radical (unpaired) electrons. The van der Waals surface area contributed by atoms with Crippen LogP contribution in [0.1, 0.15) is 72.0 Å². The van der Waals surface area contributed by atoms with E-state index in [9.17, 15) is 18.8 Å². The van der Waals surface area contributed by atoms with Gasteiger partial charge >= 0.3 is 6.09 Å². The monoisotopic (exact) mass is 679 g/mol. The number of amides is 3. The summed E-state index contributed by atoms with van der Waals surface area (Å²) in [5.41, 5.74) is 7.74. The third kappa shape index (κ3) is 7.55. The number of halogens is 2. The van der Waals surface area contributed by atoms with Crippen molar-refractivity contribution in [2.45, 2.75) is 70.7 Å². The maximum Gasteiger partial charge on any atom is 0.410 e. The average molecular weight is 680 g/mol. The zero-order valence-corrected chi connectivity index (χ0v) is 28.7. The van der Waals surface area contributed by atoms with Crippen LogP contribution in [0, 0.1) is 5.82 Å². The highest BCUT2D eigenvalue weighted by molar-refractivity contribution is 7.21. The molecule has 1 fully saturated rings. The highest BCUT2D eigenvalue weighted by atomic mass is 35.5. The Morgan fingerprint density at radius 3 is 2.21 bits per heavy atom. The van der Waals surface area contributed by atoms with Crippen molar-refractivity contribution in [1.82, 2.24) is 9.80 Å². The summed E-state index contributed by atoms with van der Waals surface area (Å²) >= 11 is 7.88. The van der Waals surface area contributed by atoms with E-state index >= 15 is 0 Å². The van der Waals surface area contributed by atoms with Crippen LogP contribution in [-0.2, 0) is 11.3 Å². The molecule has 0 saturated heterocycles. The van der Waals surface area contributed by atoms with Gasteiger partial charge in [0.05, 0.1) is 12.1 Å². The number of ether oxygens (including phenoxy) is 2. The largest absolute Gasteiger partial charge is 0.496 e. The van der Waals surface area contributed by atoms with E-state index in [4.69, 9.17) is 26.8 Å². The molecule has 1 aliphatic carbocycles. The first-order valence-corrected chi connectivity index (χ1v) is 16.7. The van der Waals surface area contributed by atoms with Crippen molar-refractivity contribution in [3.05, 3.63) is 87.5 Å². The maximum absolute atomic E-state index is 14.8. The van der Waals surface area contributed by atoms with Gasteiger partial charge in [0.1, 0.15) is 22.0 Å². The summed E-state index contributed by atoms with van der Waals surface area (Å²) in [7, 11) is 3.33. The molecule has 0 aliphatic heterocycles. The number of nitrogens with two attached hydrogens (primary N) is 1. The SMILES string of the molecule is COc1ccc(-c2ccc(C(N)=O)cc2)cc1CN(C(=O)c1sc2cccc(F)c2c1Cl)C1CCC(N(C)C(=O)OC(C)(C)C)CC1. The third-order valence-corrected chi connectivity index (χ3v) is 10.2. The summed E-state index contributed by atoms with van der Waals surface area (Å²) in [6.07, 6.45) is 2.23. The van der Waals surface area contributed by atoms with E-state index < -0.39 is 17.3 Å². The fraction of sp³-hybridized carbons (Fsp3) is 0.361. The molecule has 3 amide bonds. The molecule has 1 heterocycles. The summed E-state index contributed by atoms with van der Waals surface area (Å²) in [5, 5.41) is 0.343. The number of carbonyl (C=O) groups excluding carboxylic acids is 3. The van der Waals surface area contributed by atoms with Crippen LogP contribution in [0.3, 0.4) is 0 Å². The van der Waals surface area contributed by atoms with Crippen molar-refractivity contribution >= 4 is 50.9 Å². The molecule has 1 aliphatic rings. The number of rotatable bonds is 8. The molecular formula is C36H39ClFN3O5S. The zero-order chi connectivity index (χ0) is 34.0. The summed E-state index contributed by atoms with van der Waals surface area (Å²) in [6.45, 7) is 5.72. The molecule has 2 N–H and O–H groups in total. The van der Waals surface area contributed by atoms with Crippen molar-refractivity contribution in [2.24, 2.45) is 5.73 Å². The number of methoxy groups -OCH3 is 1. The number of carbonyl (C=O) groups is 3. The first kappa shape index (κ1) is 34.2. The number of nitrogens with zero attached hydrogens (tertiary/aromatic N) is 2. The first-order chi connectivity index (χ1) is 22.3. The number of benzene rings is 3. The number of hydrogen-bond acceptors (Lipinski definition) is 6. The molecule has 4 aromatic rings. The zero-order valence-electron chi connectivity index (χ0n) is 27.1. The molecule has 0 spiro atoms. The number of hydrogen-bond donors (Lipinski definition) is 1. The van der Waals surface area contributed by atoms with Gasteiger partial charge in [0, 0.05) is 46.9 Å². The molecule has 1 aromatic heterocycles. The standard InChI is InChI=1S/C36H39ClFN3O5S/c1-36(2,3)46-35(44)40(4)25-14-16-26(17-15-25)41(34(43)32-31(37)30-27(38)7-6-8-29(30)47-32)20-24-19-23(13-18-28(24)45-5)21-9-11-22(12-10-21)33(39)42/h6-13,18-19,25-26H,14-17,20H2,1-5H3,(H2,39,42). The Balaban J connectivity index is 1.47. The van der Waals surface area contributed by atoms with Gasteiger partial charge in [-0.3, -0.25) is 9.59 Å². The Morgan fingerprint density at radius 2 is 1.62 bits per heavy atom. The van der Waals surface area contributed by atoms with Crippen LogP contribution in [-0.4, -0.2) is 59.5 Å². The number of thiophene rings is 1. The minimum Gasteiger partial charge on any atom is -0.496 e. The lowest BCUT2D eigenvalue weighted by atomic mass is 9.89. The van der Waals surface area contributed by atoms with Gasteiger partial charge in [0.15, 0.2) is 0 Å². The quantitative estimate of drug-likeness (QED) is 0.202. The predicted octanol–water partition coefficient (Wildman–Crippen LogP) is 8.29. The van der Waals surface area contributed by atoms with Crippen LogP contribution in [0.2, 0.25) is 5.02 Å². The minimum atomic E-state index is -0.605. The summed E-state index contributed by atoms with van der Waals surface area (Å²) in [5.74, 6) is -0.672. The Bertz CT molecular complexity index is 1790. The summed E-state index contributed by atoms with van der Waals surface area (Å²) in [6, 6.07) is 17.2. The summed E-state index contributed by atoms with van der Waals surface area (Å²) in [4.78, 5) is 42.6. The third-order valence-electron chi connectivity index (χ3n) is 8.52. The van der Waals surface area contributed by atoms with E-state index in [-0.39, 0.29) is 45.9 Å². The fourth-order valence-corrected chi connectivity index (χ4v) is 7.55. The topological polar surface area (TPSA) is 102 Å². The molecule has 5 rings (SSSR count). The van der Waals surface area contributed by atoms with Crippen LogP contribution in [0.25, 0.3) is 21.2 Å².